The number of ether oxygens (including phenoxy) is 1. The number of rotatable bonds is 4. The third-order valence-electron chi connectivity index (χ3n) is 2.67. The van der Waals surface area contributed by atoms with Gasteiger partial charge in [0.05, 0.1) is 13.2 Å². The van der Waals surface area contributed by atoms with Crippen LogP contribution in [0.1, 0.15) is 18.5 Å². The van der Waals surface area contributed by atoms with Crippen molar-refractivity contribution in [2.75, 3.05) is 18.2 Å². The van der Waals surface area contributed by atoms with Crippen molar-refractivity contribution < 1.29 is 9.13 Å². The molecule has 19 heavy (non-hydrogen) atoms. The average Bonchev–Trinajstić information content (AvgIpc) is 2.38. The summed E-state index contributed by atoms with van der Waals surface area (Å²) in [5.41, 5.74) is 6.12. The van der Waals surface area contributed by atoms with Gasteiger partial charge in [-0.3, -0.25) is 0 Å². The van der Waals surface area contributed by atoms with Gasteiger partial charge in [0.2, 0.25) is 11.8 Å². The van der Waals surface area contributed by atoms with Crippen molar-refractivity contribution in [3.63, 3.8) is 0 Å². The Bertz CT molecular complexity index is 576. The van der Waals surface area contributed by atoms with Crippen LogP contribution in [0.25, 0.3) is 0 Å². The minimum Gasteiger partial charge on any atom is -0.481 e. The lowest BCUT2D eigenvalue weighted by Crippen LogP contribution is -2.11. The molecule has 1 atom stereocenters. The number of methoxy groups -OCH3 is 1. The number of nitrogens with two attached hydrogens (primary N) is 1. The van der Waals surface area contributed by atoms with Gasteiger partial charge in [0.1, 0.15) is 11.6 Å². The van der Waals surface area contributed by atoms with E-state index in [2.05, 4.69) is 15.3 Å². The van der Waals surface area contributed by atoms with Gasteiger partial charge >= 0.3 is 0 Å². The topological polar surface area (TPSA) is 73.1 Å². The summed E-state index contributed by atoms with van der Waals surface area (Å²) in [6.07, 6.45) is 0. The monoisotopic (exact) mass is 262 g/mol. The first-order valence-corrected chi connectivity index (χ1v) is 5.79. The molecule has 1 unspecified atom stereocenters. The fourth-order valence-corrected chi connectivity index (χ4v) is 1.75. The van der Waals surface area contributed by atoms with Crippen LogP contribution in [-0.4, -0.2) is 17.1 Å². The van der Waals surface area contributed by atoms with E-state index < -0.39 is 0 Å². The fourth-order valence-electron chi connectivity index (χ4n) is 1.75. The fraction of sp³-hybridized carbons (Fsp3) is 0.231. The van der Waals surface area contributed by atoms with Crippen molar-refractivity contribution in [1.82, 2.24) is 9.97 Å². The number of anilines is 2. The molecule has 3 N–H and O–H groups in total. The molecule has 0 spiro atoms. The second-order valence-electron chi connectivity index (χ2n) is 4.04. The number of nitrogen functional groups attached to an aromatic ring is 1. The minimum atomic E-state index is -0.267. The molecule has 2 aromatic rings. The number of nitrogens with zero attached hydrogens (tertiary/aromatic N) is 2. The van der Waals surface area contributed by atoms with Crippen molar-refractivity contribution in [3.8, 4) is 5.88 Å². The lowest BCUT2D eigenvalue weighted by molar-refractivity contribution is 0.398. The molecule has 1 aromatic heterocycles. The van der Waals surface area contributed by atoms with Crippen molar-refractivity contribution in [2.24, 2.45) is 0 Å². The van der Waals surface area contributed by atoms with Gasteiger partial charge in [0.15, 0.2) is 0 Å². The molecule has 0 aliphatic heterocycles. The van der Waals surface area contributed by atoms with E-state index in [4.69, 9.17) is 10.5 Å². The molecule has 0 radical (unpaired) electrons. The Morgan fingerprint density at radius 1 is 1.32 bits per heavy atom. The first kappa shape index (κ1) is 13.1. The molecule has 0 saturated heterocycles. The number of halogens is 1. The second kappa shape index (κ2) is 5.51. The van der Waals surface area contributed by atoms with E-state index in [1.807, 2.05) is 6.92 Å². The molecule has 0 aliphatic rings. The molecule has 6 heteroatoms. The van der Waals surface area contributed by atoms with Crippen LogP contribution in [0.15, 0.2) is 30.3 Å². The van der Waals surface area contributed by atoms with E-state index in [0.29, 0.717) is 17.3 Å². The Balaban J connectivity index is 2.21. The third-order valence-corrected chi connectivity index (χ3v) is 2.67. The van der Waals surface area contributed by atoms with Gasteiger partial charge < -0.3 is 15.8 Å². The number of aromatic nitrogens is 2. The summed E-state index contributed by atoms with van der Waals surface area (Å²) < 4.78 is 18.6. The highest BCUT2D eigenvalue weighted by molar-refractivity contribution is 5.44. The van der Waals surface area contributed by atoms with Crippen LogP contribution in [0.5, 0.6) is 5.88 Å². The maximum Gasteiger partial charge on any atom is 0.225 e. The van der Waals surface area contributed by atoms with Gasteiger partial charge in [0.25, 0.3) is 0 Å². The van der Waals surface area contributed by atoms with Crippen LogP contribution in [0.3, 0.4) is 0 Å². The lowest BCUT2D eigenvalue weighted by atomic mass is 10.1. The zero-order valence-corrected chi connectivity index (χ0v) is 10.7. The molecule has 1 heterocycles. The van der Waals surface area contributed by atoms with Crippen LogP contribution in [-0.2, 0) is 0 Å². The predicted molar refractivity (Wildman–Crippen MR) is 71.4 cm³/mol. The quantitative estimate of drug-likeness (QED) is 0.885. The average molecular weight is 262 g/mol. The standard InChI is InChI=1S/C13H15FN4O/c1-8(9-5-3-4-6-10(9)14)16-11-7-12(19-2)18-13(15)17-11/h3-8H,1-2H3,(H3,15,16,17,18). The predicted octanol–water partition coefficient (Wildman–Crippen LogP) is 2.38. The molecule has 0 bridgehead atoms. The van der Waals surface area contributed by atoms with E-state index in [-0.39, 0.29) is 17.8 Å². The van der Waals surface area contributed by atoms with Gasteiger partial charge in [-0.25, -0.2) is 4.39 Å². The van der Waals surface area contributed by atoms with Crippen molar-refractivity contribution in [3.05, 3.63) is 41.7 Å². The first-order valence-electron chi connectivity index (χ1n) is 5.79. The number of hydrogen-bond donors (Lipinski definition) is 2. The molecule has 0 aliphatic carbocycles. The summed E-state index contributed by atoms with van der Waals surface area (Å²) in [7, 11) is 1.49. The maximum absolute atomic E-state index is 13.6. The number of benzene rings is 1. The molecule has 0 fully saturated rings. The second-order valence-corrected chi connectivity index (χ2v) is 4.04. The molecule has 100 valence electrons. The third kappa shape index (κ3) is 3.09. The van der Waals surface area contributed by atoms with Crippen molar-refractivity contribution in [1.29, 1.82) is 0 Å². The highest BCUT2D eigenvalue weighted by Crippen LogP contribution is 2.22. The largest absolute Gasteiger partial charge is 0.481 e. The molecule has 1 aromatic carbocycles. The Labute approximate surface area is 110 Å². The smallest absolute Gasteiger partial charge is 0.225 e. The van der Waals surface area contributed by atoms with Crippen molar-refractivity contribution in [2.45, 2.75) is 13.0 Å². The van der Waals surface area contributed by atoms with Gasteiger partial charge in [-0.15, -0.1) is 0 Å². The molecule has 2 rings (SSSR count). The molecular formula is C13H15FN4O. The van der Waals surface area contributed by atoms with E-state index in [0.717, 1.165) is 0 Å². The van der Waals surface area contributed by atoms with Gasteiger partial charge in [-0.05, 0) is 13.0 Å². The Morgan fingerprint density at radius 3 is 2.74 bits per heavy atom. The molecule has 5 nitrogen and oxygen atoms in total. The Hall–Kier alpha value is -2.37. The SMILES string of the molecule is COc1cc(NC(C)c2ccccc2F)nc(N)n1. The summed E-state index contributed by atoms with van der Waals surface area (Å²) in [5.74, 6) is 0.676. The highest BCUT2D eigenvalue weighted by Gasteiger charge is 2.11. The summed E-state index contributed by atoms with van der Waals surface area (Å²) in [6.45, 7) is 1.84. The zero-order chi connectivity index (χ0) is 13.8. The Kier molecular flexibility index (Phi) is 3.79. The molecular weight excluding hydrogens is 247 g/mol. The highest BCUT2D eigenvalue weighted by atomic mass is 19.1. The van der Waals surface area contributed by atoms with E-state index in [1.165, 1.54) is 13.2 Å². The van der Waals surface area contributed by atoms with Gasteiger partial charge in [-0.1, -0.05) is 18.2 Å². The lowest BCUT2D eigenvalue weighted by Gasteiger charge is -2.16. The Morgan fingerprint density at radius 2 is 2.05 bits per heavy atom. The minimum absolute atomic E-state index is 0.0996. The zero-order valence-electron chi connectivity index (χ0n) is 10.7. The van der Waals surface area contributed by atoms with Crippen LogP contribution >= 0.6 is 0 Å². The van der Waals surface area contributed by atoms with Crippen LogP contribution < -0.4 is 15.8 Å². The molecule has 0 saturated carbocycles. The summed E-state index contributed by atoms with van der Waals surface area (Å²) in [4.78, 5) is 7.91. The van der Waals surface area contributed by atoms with Crippen LogP contribution in [0.2, 0.25) is 0 Å². The summed E-state index contributed by atoms with van der Waals surface area (Å²) >= 11 is 0. The molecule has 0 amide bonds. The van der Waals surface area contributed by atoms with Crippen molar-refractivity contribution >= 4 is 11.8 Å². The summed E-state index contributed by atoms with van der Waals surface area (Å²) in [5, 5.41) is 3.06. The normalized spacial score (nSPS) is 11.9. The maximum atomic E-state index is 13.6. The van der Waals surface area contributed by atoms with E-state index >= 15 is 0 Å². The van der Waals surface area contributed by atoms with Gasteiger partial charge in [0, 0.05) is 11.6 Å². The van der Waals surface area contributed by atoms with Gasteiger partial charge in [-0.2, -0.15) is 9.97 Å². The number of hydrogen-bond acceptors (Lipinski definition) is 5. The van der Waals surface area contributed by atoms with Crippen LogP contribution in [0, 0.1) is 5.82 Å². The summed E-state index contributed by atoms with van der Waals surface area (Å²) in [6, 6.07) is 7.92. The van der Waals surface area contributed by atoms with Crippen LogP contribution in [0.4, 0.5) is 16.2 Å². The van der Waals surface area contributed by atoms with E-state index in [1.54, 1.807) is 24.3 Å². The first-order chi connectivity index (χ1) is 9.10. The van der Waals surface area contributed by atoms with E-state index in [9.17, 15) is 4.39 Å². The number of nitrogens with one attached hydrogen (secondary N) is 1.